The molecular weight excluding hydrogens is 412 g/mol. The van der Waals surface area contributed by atoms with E-state index < -0.39 is 32.6 Å². The number of hydrogen-bond donors (Lipinski definition) is 1. The quantitative estimate of drug-likeness (QED) is 0.756. The van der Waals surface area contributed by atoms with E-state index in [2.05, 4.69) is 5.32 Å². The Bertz CT molecular complexity index is 1020. The van der Waals surface area contributed by atoms with E-state index in [0.29, 0.717) is 19.2 Å². The second kappa shape index (κ2) is 8.41. The molecule has 2 aromatic rings. The van der Waals surface area contributed by atoms with Gasteiger partial charge in [0.05, 0.1) is 0 Å². The molecule has 9 heteroatoms. The molecule has 1 saturated carbocycles. The van der Waals surface area contributed by atoms with Gasteiger partial charge in [0.25, 0.3) is 0 Å². The molecule has 1 aliphatic heterocycles. The number of carbonyl (C=O) groups excluding carboxylic acids is 1. The number of halogens is 2. The van der Waals surface area contributed by atoms with Crippen LogP contribution in [0.15, 0.2) is 53.4 Å². The summed E-state index contributed by atoms with van der Waals surface area (Å²) in [6.45, 7) is 0.859. The summed E-state index contributed by atoms with van der Waals surface area (Å²) in [6, 6.07) is 11.5. The third kappa shape index (κ3) is 4.38. The van der Waals surface area contributed by atoms with Crippen LogP contribution in [0.2, 0.25) is 0 Å². The van der Waals surface area contributed by atoms with Gasteiger partial charge >= 0.3 is 0 Å². The molecule has 0 spiro atoms. The highest BCUT2D eigenvalue weighted by Crippen LogP contribution is 2.28. The Morgan fingerprint density at radius 2 is 1.67 bits per heavy atom. The number of amides is 1. The Kier molecular flexibility index (Phi) is 5.86. The van der Waals surface area contributed by atoms with Gasteiger partial charge in [-0.25, -0.2) is 17.2 Å². The normalized spacial score (nSPS) is 19.4. The number of rotatable bonds is 6. The third-order valence-electron chi connectivity index (χ3n) is 5.44. The molecule has 1 heterocycles. The number of nitrogens with one attached hydrogen (secondary N) is 1. The summed E-state index contributed by atoms with van der Waals surface area (Å²) < 4.78 is 54.0. The van der Waals surface area contributed by atoms with E-state index in [1.165, 1.54) is 4.31 Å². The molecule has 4 rings (SSSR count). The van der Waals surface area contributed by atoms with E-state index in [1.54, 1.807) is 0 Å². The van der Waals surface area contributed by atoms with E-state index in [0.717, 1.165) is 30.5 Å². The van der Waals surface area contributed by atoms with Crippen LogP contribution in [-0.4, -0.2) is 55.8 Å². The maximum absolute atomic E-state index is 14.1. The molecule has 1 N–H and O–H groups in total. The number of sulfonamides is 1. The molecular formula is C21H23F2N3O3S. The van der Waals surface area contributed by atoms with Gasteiger partial charge in [0.1, 0.15) is 22.6 Å². The van der Waals surface area contributed by atoms with Crippen molar-refractivity contribution in [1.29, 1.82) is 0 Å². The molecule has 2 fully saturated rings. The van der Waals surface area contributed by atoms with Crippen molar-refractivity contribution in [3.05, 3.63) is 65.7 Å². The van der Waals surface area contributed by atoms with Gasteiger partial charge in [0.2, 0.25) is 15.9 Å². The standard InChI is InChI=1S/C21H23F2N3O3S/c22-16-6-9-19(18(23)14-16)30(28,29)26-12-10-25(11-13-26)20(15-4-2-1-3-5-15)21(27)24-17-7-8-17/h1-6,9,14,17,20H,7-8,10-13H2,(H,24,27)/t20-/m1/s1. The average Bonchev–Trinajstić information content (AvgIpc) is 3.53. The Morgan fingerprint density at radius 3 is 2.27 bits per heavy atom. The third-order valence-corrected chi connectivity index (χ3v) is 7.37. The van der Waals surface area contributed by atoms with Crippen LogP contribution in [0.25, 0.3) is 0 Å². The predicted molar refractivity (Wildman–Crippen MR) is 107 cm³/mol. The van der Waals surface area contributed by atoms with E-state index in [9.17, 15) is 22.0 Å². The van der Waals surface area contributed by atoms with Crippen molar-refractivity contribution >= 4 is 15.9 Å². The van der Waals surface area contributed by atoms with Crippen LogP contribution in [0.4, 0.5) is 8.78 Å². The Morgan fingerprint density at radius 1 is 1.00 bits per heavy atom. The molecule has 1 atom stereocenters. The van der Waals surface area contributed by atoms with Gasteiger partial charge < -0.3 is 5.32 Å². The smallest absolute Gasteiger partial charge is 0.246 e. The lowest BCUT2D eigenvalue weighted by atomic mass is 10.0. The molecule has 0 unspecified atom stereocenters. The van der Waals surface area contributed by atoms with Crippen LogP contribution < -0.4 is 5.32 Å². The van der Waals surface area contributed by atoms with Crippen LogP contribution in [-0.2, 0) is 14.8 Å². The number of hydrogen-bond acceptors (Lipinski definition) is 4. The fourth-order valence-electron chi connectivity index (χ4n) is 3.70. The summed E-state index contributed by atoms with van der Waals surface area (Å²) in [5, 5.41) is 3.03. The van der Waals surface area contributed by atoms with Crippen LogP contribution >= 0.6 is 0 Å². The zero-order chi connectivity index (χ0) is 21.3. The molecule has 0 radical (unpaired) electrons. The first kappa shape index (κ1) is 20.9. The highest BCUT2D eigenvalue weighted by molar-refractivity contribution is 7.89. The first-order chi connectivity index (χ1) is 14.4. The zero-order valence-corrected chi connectivity index (χ0v) is 17.1. The Balaban J connectivity index is 1.50. The molecule has 1 amide bonds. The van der Waals surface area contributed by atoms with Gasteiger partial charge in [-0.1, -0.05) is 30.3 Å². The van der Waals surface area contributed by atoms with Gasteiger partial charge in [0, 0.05) is 38.3 Å². The minimum absolute atomic E-state index is 0.0930. The first-order valence-electron chi connectivity index (χ1n) is 9.91. The Hall–Kier alpha value is -2.36. The van der Waals surface area contributed by atoms with E-state index in [1.807, 2.05) is 35.2 Å². The van der Waals surface area contributed by atoms with Crippen molar-refractivity contribution in [3.8, 4) is 0 Å². The van der Waals surface area contributed by atoms with Gasteiger partial charge in [-0.2, -0.15) is 4.31 Å². The lowest BCUT2D eigenvalue weighted by Gasteiger charge is -2.38. The van der Waals surface area contributed by atoms with Gasteiger partial charge in [0.15, 0.2) is 0 Å². The highest BCUT2D eigenvalue weighted by Gasteiger charge is 2.36. The molecule has 2 aromatic carbocycles. The summed E-state index contributed by atoms with van der Waals surface area (Å²) in [4.78, 5) is 14.3. The molecule has 1 aliphatic carbocycles. The minimum Gasteiger partial charge on any atom is -0.352 e. The summed E-state index contributed by atoms with van der Waals surface area (Å²) >= 11 is 0. The molecule has 30 heavy (non-hydrogen) atoms. The first-order valence-corrected chi connectivity index (χ1v) is 11.3. The maximum Gasteiger partial charge on any atom is 0.246 e. The van der Waals surface area contributed by atoms with Crippen molar-refractivity contribution in [2.24, 2.45) is 0 Å². The van der Waals surface area contributed by atoms with Crippen molar-refractivity contribution in [2.45, 2.75) is 29.8 Å². The van der Waals surface area contributed by atoms with Crippen molar-refractivity contribution in [3.63, 3.8) is 0 Å². The molecule has 0 aromatic heterocycles. The minimum atomic E-state index is -4.09. The maximum atomic E-state index is 14.1. The van der Waals surface area contributed by atoms with Crippen molar-refractivity contribution in [1.82, 2.24) is 14.5 Å². The van der Waals surface area contributed by atoms with Gasteiger partial charge in [-0.05, 0) is 30.5 Å². The topological polar surface area (TPSA) is 69.7 Å². The molecule has 1 saturated heterocycles. The lowest BCUT2D eigenvalue weighted by Crippen LogP contribution is -2.52. The fourth-order valence-corrected chi connectivity index (χ4v) is 5.16. The largest absolute Gasteiger partial charge is 0.352 e. The summed E-state index contributed by atoms with van der Waals surface area (Å²) in [7, 11) is -4.09. The monoisotopic (exact) mass is 435 g/mol. The SMILES string of the molecule is O=C(NC1CC1)[C@@H](c1ccccc1)N1CCN(S(=O)(=O)c2ccc(F)cc2F)CC1. The van der Waals surface area contributed by atoms with Gasteiger partial charge in [-0.15, -0.1) is 0 Å². The second-order valence-electron chi connectivity index (χ2n) is 7.61. The summed E-state index contributed by atoms with van der Waals surface area (Å²) in [5.41, 5.74) is 0.844. The molecule has 6 nitrogen and oxygen atoms in total. The number of nitrogens with zero attached hydrogens (tertiary/aromatic N) is 2. The zero-order valence-electron chi connectivity index (χ0n) is 16.3. The average molecular weight is 435 g/mol. The van der Waals surface area contributed by atoms with Crippen LogP contribution in [0.5, 0.6) is 0 Å². The molecule has 160 valence electrons. The molecule has 0 bridgehead atoms. The summed E-state index contributed by atoms with van der Waals surface area (Å²) in [5.74, 6) is -2.03. The number of carbonyl (C=O) groups is 1. The van der Waals surface area contributed by atoms with Crippen LogP contribution in [0, 0.1) is 11.6 Å². The fraction of sp³-hybridized carbons (Fsp3) is 0.381. The van der Waals surface area contributed by atoms with Crippen LogP contribution in [0.1, 0.15) is 24.4 Å². The van der Waals surface area contributed by atoms with Crippen molar-refractivity contribution < 1.29 is 22.0 Å². The Labute approximate surface area is 174 Å². The number of benzene rings is 2. The highest BCUT2D eigenvalue weighted by atomic mass is 32.2. The second-order valence-corrected chi connectivity index (χ2v) is 9.52. The predicted octanol–water partition coefficient (Wildman–Crippen LogP) is 2.29. The van der Waals surface area contributed by atoms with Crippen LogP contribution in [0.3, 0.4) is 0 Å². The lowest BCUT2D eigenvalue weighted by molar-refractivity contribution is -0.127. The van der Waals surface area contributed by atoms with Gasteiger partial charge in [-0.3, -0.25) is 9.69 Å². The molecule has 2 aliphatic rings. The summed E-state index contributed by atoms with van der Waals surface area (Å²) in [6.07, 6.45) is 1.95. The van der Waals surface area contributed by atoms with E-state index in [-0.39, 0.29) is 25.0 Å². The van der Waals surface area contributed by atoms with Crippen molar-refractivity contribution in [2.75, 3.05) is 26.2 Å². The van der Waals surface area contributed by atoms with E-state index in [4.69, 9.17) is 0 Å². The van der Waals surface area contributed by atoms with E-state index >= 15 is 0 Å². The number of piperazine rings is 1.